The Morgan fingerprint density at radius 1 is 1.21 bits per heavy atom. The smallest absolute Gasteiger partial charge is 0.338 e. The average Bonchev–Trinajstić information content (AvgIpc) is 2.38. The van der Waals surface area contributed by atoms with E-state index in [0.29, 0.717) is 13.0 Å². The summed E-state index contributed by atoms with van der Waals surface area (Å²) in [4.78, 5) is 13.2. The van der Waals surface area contributed by atoms with Crippen molar-refractivity contribution in [2.24, 2.45) is 5.92 Å². The van der Waals surface area contributed by atoms with Crippen molar-refractivity contribution in [3.8, 4) is 0 Å². The number of nitrogens with zero attached hydrogens (tertiary/aromatic N) is 1. The predicted molar refractivity (Wildman–Crippen MR) is 61.1 cm³/mol. The lowest BCUT2D eigenvalue weighted by Gasteiger charge is -2.33. The van der Waals surface area contributed by atoms with Gasteiger partial charge >= 0.3 is 6.18 Å². The molecule has 1 saturated heterocycles. The van der Waals surface area contributed by atoms with Gasteiger partial charge < -0.3 is 4.90 Å². The van der Waals surface area contributed by atoms with Crippen molar-refractivity contribution in [3.63, 3.8) is 0 Å². The van der Waals surface area contributed by atoms with Crippen LogP contribution < -0.4 is 0 Å². The summed E-state index contributed by atoms with van der Waals surface area (Å²) >= 11 is 0. The van der Waals surface area contributed by atoms with E-state index in [1.54, 1.807) is 0 Å². The lowest BCUT2D eigenvalue weighted by atomic mass is 9.97. The minimum atomic E-state index is -4.28. The molecule has 1 aliphatic heterocycles. The first-order valence-electron chi connectivity index (χ1n) is 5.99. The molecule has 0 aromatic heterocycles. The van der Waals surface area contributed by atoms with Gasteiger partial charge in [0, 0.05) is 18.7 Å². The Bertz CT molecular complexity index is 455. The van der Waals surface area contributed by atoms with Crippen LogP contribution in [-0.4, -0.2) is 30.1 Å². The number of piperidine rings is 1. The van der Waals surface area contributed by atoms with E-state index >= 15 is 0 Å². The van der Waals surface area contributed by atoms with Crippen molar-refractivity contribution < 1.29 is 22.4 Å². The fourth-order valence-electron chi connectivity index (χ4n) is 2.20. The van der Waals surface area contributed by atoms with Crippen LogP contribution in [0.15, 0.2) is 24.3 Å². The number of hydrogen-bond donors (Lipinski definition) is 0. The van der Waals surface area contributed by atoms with Gasteiger partial charge in [0.2, 0.25) is 0 Å². The Morgan fingerprint density at radius 3 is 2.42 bits per heavy atom. The first-order valence-corrected chi connectivity index (χ1v) is 5.99. The van der Waals surface area contributed by atoms with E-state index in [4.69, 9.17) is 0 Å². The maximum atomic E-state index is 12.7. The maximum Gasteiger partial charge on any atom is 0.393 e. The molecule has 0 aliphatic carbocycles. The van der Waals surface area contributed by atoms with Gasteiger partial charge in [-0.05, 0) is 37.1 Å². The van der Waals surface area contributed by atoms with E-state index in [9.17, 15) is 22.4 Å². The highest BCUT2D eigenvalue weighted by atomic mass is 19.4. The van der Waals surface area contributed by atoms with Gasteiger partial charge in [-0.2, -0.15) is 13.2 Å². The second-order valence-electron chi connectivity index (χ2n) is 4.64. The topological polar surface area (TPSA) is 20.3 Å². The van der Waals surface area contributed by atoms with E-state index in [1.807, 2.05) is 0 Å². The fourth-order valence-corrected chi connectivity index (χ4v) is 2.20. The maximum absolute atomic E-state index is 12.7. The zero-order chi connectivity index (χ0) is 14.0. The summed E-state index contributed by atoms with van der Waals surface area (Å²) in [7, 11) is 0. The van der Waals surface area contributed by atoms with E-state index in [0.717, 1.165) is 12.1 Å². The molecule has 1 aromatic carbocycles. The molecule has 0 radical (unpaired) electrons. The SMILES string of the molecule is O=C(c1ccc(F)cc1)N1CCCC(C(F)(F)F)C1. The number of hydrogen-bond acceptors (Lipinski definition) is 1. The number of carbonyl (C=O) groups excluding carboxylic acids is 1. The predicted octanol–water partition coefficient (Wildman–Crippen LogP) is 3.24. The van der Waals surface area contributed by atoms with Crippen LogP contribution in [0, 0.1) is 11.7 Å². The monoisotopic (exact) mass is 275 g/mol. The van der Waals surface area contributed by atoms with Crippen LogP contribution in [0.1, 0.15) is 23.2 Å². The molecule has 1 aliphatic rings. The molecule has 1 fully saturated rings. The van der Waals surface area contributed by atoms with Gasteiger partial charge in [0.25, 0.3) is 5.91 Å². The summed E-state index contributed by atoms with van der Waals surface area (Å²) in [5.41, 5.74) is 0.212. The Morgan fingerprint density at radius 2 is 1.84 bits per heavy atom. The number of halogens is 4. The molecule has 1 unspecified atom stereocenters. The molecule has 1 aromatic rings. The lowest BCUT2D eigenvalue weighted by Crippen LogP contribution is -2.44. The number of amides is 1. The molecule has 19 heavy (non-hydrogen) atoms. The summed E-state index contributed by atoms with van der Waals surface area (Å²) in [6, 6.07) is 4.82. The van der Waals surface area contributed by atoms with Crippen LogP contribution in [0.2, 0.25) is 0 Å². The van der Waals surface area contributed by atoms with Crippen molar-refractivity contribution in [1.82, 2.24) is 4.90 Å². The lowest BCUT2D eigenvalue weighted by molar-refractivity contribution is -0.184. The molecular weight excluding hydrogens is 262 g/mol. The van der Waals surface area contributed by atoms with Gasteiger partial charge in [0.1, 0.15) is 5.82 Å². The molecule has 0 saturated carbocycles. The highest BCUT2D eigenvalue weighted by Gasteiger charge is 2.42. The molecule has 1 amide bonds. The number of carbonyl (C=O) groups is 1. The van der Waals surface area contributed by atoms with E-state index in [2.05, 4.69) is 0 Å². The van der Waals surface area contributed by atoms with Gasteiger partial charge in [-0.15, -0.1) is 0 Å². The molecule has 104 valence electrons. The quantitative estimate of drug-likeness (QED) is 0.720. The summed E-state index contributed by atoms with van der Waals surface area (Å²) in [6.07, 6.45) is -3.89. The second-order valence-corrected chi connectivity index (χ2v) is 4.64. The number of likely N-dealkylation sites (tertiary alicyclic amines) is 1. The third kappa shape index (κ3) is 3.24. The van der Waals surface area contributed by atoms with Crippen LogP contribution in [0.25, 0.3) is 0 Å². The van der Waals surface area contributed by atoms with Crippen LogP contribution in [0.5, 0.6) is 0 Å². The molecule has 2 rings (SSSR count). The molecule has 1 heterocycles. The van der Waals surface area contributed by atoms with Crippen LogP contribution >= 0.6 is 0 Å². The Labute approximate surface area is 108 Å². The first-order chi connectivity index (χ1) is 8.88. The van der Waals surface area contributed by atoms with E-state index in [-0.39, 0.29) is 18.5 Å². The van der Waals surface area contributed by atoms with Gasteiger partial charge in [-0.1, -0.05) is 0 Å². The zero-order valence-electron chi connectivity index (χ0n) is 10.1. The van der Waals surface area contributed by atoms with Crippen LogP contribution in [0.4, 0.5) is 17.6 Å². The zero-order valence-corrected chi connectivity index (χ0v) is 10.1. The third-order valence-corrected chi connectivity index (χ3v) is 3.26. The minimum absolute atomic E-state index is 0.0523. The van der Waals surface area contributed by atoms with E-state index < -0.39 is 23.8 Å². The Balaban J connectivity index is 2.09. The van der Waals surface area contributed by atoms with Gasteiger partial charge in [-0.25, -0.2) is 4.39 Å². The number of benzene rings is 1. The molecule has 6 heteroatoms. The molecule has 1 atom stereocenters. The van der Waals surface area contributed by atoms with Gasteiger partial charge in [-0.3, -0.25) is 4.79 Å². The van der Waals surface area contributed by atoms with Crippen molar-refractivity contribution >= 4 is 5.91 Å². The first kappa shape index (κ1) is 13.8. The number of alkyl halides is 3. The Kier molecular flexibility index (Phi) is 3.78. The van der Waals surface area contributed by atoms with Gasteiger partial charge in [0.05, 0.1) is 5.92 Å². The number of rotatable bonds is 1. The normalized spacial score (nSPS) is 20.4. The highest BCUT2D eigenvalue weighted by Crippen LogP contribution is 2.33. The second kappa shape index (κ2) is 5.19. The standard InChI is InChI=1S/C13H13F4NO/c14-11-5-3-9(4-6-11)12(19)18-7-1-2-10(8-18)13(15,16)17/h3-6,10H,1-2,7-8H2. The molecule has 0 N–H and O–H groups in total. The van der Waals surface area contributed by atoms with E-state index in [1.165, 1.54) is 17.0 Å². The van der Waals surface area contributed by atoms with Gasteiger partial charge in [0.15, 0.2) is 0 Å². The molecular formula is C13H13F4NO. The van der Waals surface area contributed by atoms with Crippen LogP contribution in [0.3, 0.4) is 0 Å². The molecule has 2 nitrogen and oxygen atoms in total. The highest BCUT2D eigenvalue weighted by molar-refractivity contribution is 5.94. The fraction of sp³-hybridized carbons (Fsp3) is 0.462. The summed E-state index contributed by atoms with van der Waals surface area (Å²) in [5.74, 6) is -2.43. The summed E-state index contributed by atoms with van der Waals surface area (Å²) < 4.78 is 50.7. The average molecular weight is 275 g/mol. The van der Waals surface area contributed by atoms with Crippen molar-refractivity contribution in [1.29, 1.82) is 0 Å². The summed E-state index contributed by atoms with van der Waals surface area (Å²) in [6.45, 7) is -0.0114. The molecule has 0 bridgehead atoms. The Hall–Kier alpha value is -1.59. The van der Waals surface area contributed by atoms with Crippen molar-refractivity contribution in [2.75, 3.05) is 13.1 Å². The third-order valence-electron chi connectivity index (χ3n) is 3.26. The molecule has 0 spiro atoms. The largest absolute Gasteiger partial charge is 0.393 e. The van der Waals surface area contributed by atoms with Crippen molar-refractivity contribution in [3.05, 3.63) is 35.6 Å². The van der Waals surface area contributed by atoms with Crippen molar-refractivity contribution in [2.45, 2.75) is 19.0 Å². The summed E-state index contributed by atoms with van der Waals surface area (Å²) in [5, 5.41) is 0. The van der Waals surface area contributed by atoms with Crippen LogP contribution in [-0.2, 0) is 0 Å². The minimum Gasteiger partial charge on any atom is -0.338 e.